The minimum atomic E-state index is -3.41. The van der Waals surface area contributed by atoms with Crippen LogP contribution in [0.1, 0.15) is 27.3 Å². The van der Waals surface area contributed by atoms with Crippen molar-refractivity contribution < 1.29 is 18.3 Å². The molecule has 0 aliphatic heterocycles. The third kappa shape index (κ3) is 4.13. The number of carbonyl (C=O) groups is 1. The van der Waals surface area contributed by atoms with E-state index in [9.17, 15) is 13.2 Å². The van der Waals surface area contributed by atoms with Crippen LogP contribution in [0.5, 0.6) is 0 Å². The number of carboxylic acid groups (broad SMARTS) is 1. The molecule has 0 spiro atoms. The van der Waals surface area contributed by atoms with Crippen LogP contribution in [0.25, 0.3) is 0 Å². The molecule has 0 radical (unpaired) electrons. The highest BCUT2D eigenvalue weighted by Crippen LogP contribution is 2.15. The smallest absolute Gasteiger partial charge is 0.354 e. The first-order chi connectivity index (χ1) is 9.87. The molecule has 0 unspecified atom stereocenters. The Labute approximate surface area is 123 Å². The van der Waals surface area contributed by atoms with E-state index in [4.69, 9.17) is 5.11 Å². The van der Waals surface area contributed by atoms with Crippen LogP contribution < -0.4 is 0 Å². The van der Waals surface area contributed by atoms with Gasteiger partial charge in [-0.1, -0.05) is 30.3 Å². The Balaban J connectivity index is 2.20. The number of aromatic nitrogens is 1. The van der Waals surface area contributed by atoms with E-state index in [1.165, 1.54) is 18.2 Å². The molecule has 0 fully saturated rings. The monoisotopic (exact) mass is 305 g/mol. The molecule has 1 N–H and O–H groups in total. The summed E-state index contributed by atoms with van der Waals surface area (Å²) in [4.78, 5) is 14.7. The Hall–Kier alpha value is -2.21. The molecular formula is C15H15NO4S. The van der Waals surface area contributed by atoms with E-state index in [1.807, 2.05) is 19.1 Å². The Kier molecular flexibility index (Phi) is 4.37. The van der Waals surface area contributed by atoms with Crippen LogP contribution in [-0.4, -0.2) is 24.5 Å². The van der Waals surface area contributed by atoms with Crippen molar-refractivity contribution in [1.82, 2.24) is 4.98 Å². The molecule has 6 heteroatoms. The second kappa shape index (κ2) is 6.05. The number of sulfone groups is 1. The van der Waals surface area contributed by atoms with Crippen molar-refractivity contribution in [2.45, 2.75) is 18.4 Å². The van der Waals surface area contributed by atoms with Gasteiger partial charge in [0.1, 0.15) is 5.69 Å². The molecule has 0 aliphatic carbocycles. The summed E-state index contributed by atoms with van der Waals surface area (Å²) >= 11 is 0. The maximum absolute atomic E-state index is 12.2. The van der Waals surface area contributed by atoms with E-state index < -0.39 is 15.8 Å². The van der Waals surface area contributed by atoms with Gasteiger partial charge in [-0.15, -0.1) is 0 Å². The van der Waals surface area contributed by atoms with Crippen LogP contribution in [0.3, 0.4) is 0 Å². The van der Waals surface area contributed by atoms with Crippen LogP contribution in [0.15, 0.2) is 42.5 Å². The highest BCUT2D eigenvalue weighted by atomic mass is 32.2. The van der Waals surface area contributed by atoms with Gasteiger partial charge < -0.3 is 5.11 Å². The summed E-state index contributed by atoms with van der Waals surface area (Å²) in [7, 11) is -3.41. The van der Waals surface area contributed by atoms with Crippen molar-refractivity contribution >= 4 is 15.8 Å². The molecule has 5 nitrogen and oxygen atoms in total. The minimum Gasteiger partial charge on any atom is -0.477 e. The summed E-state index contributed by atoms with van der Waals surface area (Å²) in [5.41, 5.74) is 1.74. The Bertz CT molecular complexity index is 769. The van der Waals surface area contributed by atoms with E-state index in [2.05, 4.69) is 4.98 Å². The molecule has 21 heavy (non-hydrogen) atoms. The number of hydrogen-bond donors (Lipinski definition) is 1. The van der Waals surface area contributed by atoms with Gasteiger partial charge in [-0.3, -0.25) is 0 Å². The molecule has 2 aromatic rings. The molecule has 0 bridgehead atoms. The lowest BCUT2D eigenvalue weighted by Gasteiger charge is -2.07. The molecule has 1 aromatic carbocycles. The van der Waals surface area contributed by atoms with Crippen molar-refractivity contribution in [3.05, 3.63) is 65.0 Å². The second-order valence-corrected chi connectivity index (χ2v) is 6.84. The average molecular weight is 305 g/mol. The fourth-order valence-electron chi connectivity index (χ4n) is 1.96. The zero-order chi connectivity index (χ0) is 15.5. The molecule has 0 atom stereocenters. The van der Waals surface area contributed by atoms with Gasteiger partial charge in [0.15, 0.2) is 9.84 Å². The molecule has 110 valence electrons. The van der Waals surface area contributed by atoms with E-state index in [-0.39, 0.29) is 22.9 Å². The second-order valence-electron chi connectivity index (χ2n) is 4.78. The summed E-state index contributed by atoms with van der Waals surface area (Å²) in [6.45, 7) is 1.86. The van der Waals surface area contributed by atoms with Gasteiger partial charge in [0, 0.05) is 0 Å². The molecule has 0 aliphatic rings. The van der Waals surface area contributed by atoms with Gasteiger partial charge >= 0.3 is 5.97 Å². The number of rotatable bonds is 5. The summed E-state index contributed by atoms with van der Waals surface area (Å²) < 4.78 is 24.4. The van der Waals surface area contributed by atoms with Gasteiger partial charge in [-0.2, -0.15) is 0 Å². The van der Waals surface area contributed by atoms with Crippen molar-refractivity contribution in [2.75, 3.05) is 0 Å². The lowest BCUT2D eigenvalue weighted by Crippen LogP contribution is -2.11. The fraction of sp³-hybridized carbons (Fsp3) is 0.200. The predicted octanol–water partition coefficient (Wildman–Crippen LogP) is 2.20. The molecule has 1 heterocycles. The number of pyridine rings is 1. The van der Waals surface area contributed by atoms with Crippen molar-refractivity contribution in [2.24, 2.45) is 0 Å². The largest absolute Gasteiger partial charge is 0.477 e. The Morgan fingerprint density at radius 2 is 1.81 bits per heavy atom. The highest BCUT2D eigenvalue weighted by molar-refractivity contribution is 7.89. The van der Waals surface area contributed by atoms with Gasteiger partial charge in [0.05, 0.1) is 17.2 Å². The third-order valence-corrected chi connectivity index (χ3v) is 4.52. The number of carboxylic acids is 1. The normalized spacial score (nSPS) is 11.3. The zero-order valence-electron chi connectivity index (χ0n) is 11.5. The highest BCUT2D eigenvalue weighted by Gasteiger charge is 2.16. The summed E-state index contributed by atoms with van der Waals surface area (Å²) in [5.74, 6) is -1.53. The number of aryl methyl sites for hydroxylation is 1. The van der Waals surface area contributed by atoms with Crippen LogP contribution in [0.4, 0.5) is 0 Å². The summed E-state index contributed by atoms with van der Waals surface area (Å²) in [5, 5.41) is 8.87. The van der Waals surface area contributed by atoms with E-state index in [0.29, 0.717) is 0 Å². The summed E-state index contributed by atoms with van der Waals surface area (Å²) in [6, 6.07) is 11.6. The quantitative estimate of drug-likeness (QED) is 0.915. The van der Waals surface area contributed by atoms with Crippen molar-refractivity contribution in [1.29, 1.82) is 0 Å². The first-order valence-corrected chi connectivity index (χ1v) is 8.14. The summed E-state index contributed by atoms with van der Waals surface area (Å²) in [6.07, 6.45) is 0. The maximum atomic E-state index is 12.2. The molecule has 0 saturated heterocycles. The SMILES string of the molecule is Cc1ccccc1CS(=O)(=O)Cc1cccc(C(=O)O)n1. The third-order valence-electron chi connectivity index (χ3n) is 3.03. The number of nitrogens with zero attached hydrogens (tertiary/aromatic N) is 1. The predicted molar refractivity (Wildman–Crippen MR) is 78.7 cm³/mol. The van der Waals surface area contributed by atoms with E-state index >= 15 is 0 Å². The zero-order valence-corrected chi connectivity index (χ0v) is 12.3. The number of benzene rings is 1. The molecule has 2 rings (SSSR count). The average Bonchev–Trinajstić information content (AvgIpc) is 2.41. The van der Waals surface area contributed by atoms with Crippen LogP contribution >= 0.6 is 0 Å². The topological polar surface area (TPSA) is 84.3 Å². The van der Waals surface area contributed by atoms with Crippen molar-refractivity contribution in [3.63, 3.8) is 0 Å². The minimum absolute atomic E-state index is 0.0847. The Morgan fingerprint density at radius 1 is 1.10 bits per heavy atom. The first kappa shape index (κ1) is 15.2. The van der Waals surface area contributed by atoms with Gasteiger partial charge in [-0.05, 0) is 30.2 Å². The molecule has 0 amide bonds. The Morgan fingerprint density at radius 3 is 2.48 bits per heavy atom. The van der Waals surface area contributed by atoms with Crippen LogP contribution in [-0.2, 0) is 21.3 Å². The van der Waals surface area contributed by atoms with E-state index in [0.717, 1.165) is 11.1 Å². The molecular weight excluding hydrogens is 290 g/mol. The number of aromatic carboxylic acids is 1. The standard InChI is InChI=1S/C15H15NO4S/c1-11-5-2-3-6-12(11)9-21(19,20)10-13-7-4-8-14(16-13)15(17)18/h2-8H,9-10H2,1H3,(H,17,18). The van der Waals surface area contributed by atoms with Crippen LogP contribution in [0.2, 0.25) is 0 Å². The lowest BCUT2D eigenvalue weighted by atomic mass is 10.1. The maximum Gasteiger partial charge on any atom is 0.354 e. The van der Waals surface area contributed by atoms with Crippen molar-refractivity contribution in [3.8, 4) is 0 Å². The van der Waals surface area contributed by atoms with Gasteiger partial charge in [-0.25, -0.2) is 18.2 Å². The van der Waals surface area contributed by atoms with Crippen LogP contribution in [0, 0.1) is 6.92 Å². The first-order valence-electron chi connectivity index (χ1n) is 6.31. The van der Waals surface area contributed by atoms with E-state index in [1.54, 1.807) is 12.1 Å². The molecule has 0 saturated carbocycles. The van der Waals surface area contributed by atoms with Gasteiger partial charge in [0.2, 0.25) is 0 Å². The molecule has 1 aromatic heterocycles. The van der Waals surface area contributed by atoms with Gasteiger partial charge in [0.25, 0.3) is 0 Å². The fourth-order valence-corrected chi connectivity index (χ4v) is 3.48. The number of hydrogen-bond acceptors (Lipinski definition) is 4. The lowest BCUT2D eigenvalue weighted by molar-refractivity contribution is 0.0690.